The quantitative estimate of drug-likeness (QED) is 0.811. The third-order valence-corrected chi connectivity index (χ3v) is 3.35. The predicted molar refractivity (Wildman–Crippen MR) is 66.5 cm³/mol. The molecule has 0 spiro atoms. The molecule has 0 aromatic carbocycles. The standard InChI is InChI=1S/C11H14N2O4S/c1-7(11(16)17)13(2)9(14)6-12-10(15)8-4-3-5-18-8/h3-5,7H,6H2,1-2H3,(H,12,15)(H,16,17). The molecule has 2 amide bonds. The molecule has 18 heavy (non-hydrogen) atoms. The van der Waals surface area contributed by atoms with Gasteiger partial charge in [0, 0.05) is 7.05 Å². The Hall–Kier alpha value is -1.89. The molecule has 0 radical (unpaired) electrons. The number of carboxylic acid groups (broad SMARTS) is 1. The molecule has 1 heterocycles. The van der Waals surface area contributed by atoms with E-state index >= 15 is 0 Å². The highest BCUT2D eigenvalue weighted by Gasteiger charge is 2.21. The van der Waals surface area contributed by atoms with Gasteiger partial charge in [0.2, 0.25) is 5.91 Å². The first-order chi connectivity index (χ1) is 8.43. The fraction of sp³-hybridized carbons (Fsp3) is 0.364. The second kappa shape index (κ2) is 6.15. The molecule has 0 saturated heterocycles. The summed E-state index contributed by atoms with van der Waals surface area (Å²) in [6.45, 7) is 1.19. The molecule has 1 aromatic heterocycles. The zero-order chi connectivity index (χ0) is 13.7. The number of hydrogen-bond acceptors (Lipinski definition) is 4. The number of carbonyl (C=O) groups excluding carboxylic acids is 2. The van der Waals surface area contributed by atoms with E-state index in [0.29, 0.717) is 4.88 Å². The van der Waals surface area contributed by atoms with Gasteiger partial charge in [-0.25, -0.2) is 4.79 Å². The Kier molecular flexibility index (Phi) is 4.85. The van der Waals surface area contributed by atoms with Crippen molar-refractivity contribution in [3.05, 3.63) is 22.4 Å². The normalized spacial score (nSPS) is 11.7. The summed E-state index contributed by atoms with van der Waals surface area (Å²) in [5.41, 5.74) is 0. The minimum Gasteiger partial charge on any atom is -0.480 e. The summed E-state index contributed by atoms with van der Waals surface area (Å²) in [6, 6.07) is 2.46. The third-order valence-electron chi connectivity index (χ3n) is 2.48. The zero-order valence-electron chi connectivity index (χ0n) is 10.0. The summed E-state index contributed by atoms with van der Waals surface area (Å²) >= 11 is 1.27. The monoisotopic (exact) mass is 270 g/mol. The number of nitrogens with zero attached hydrogens (tertiary/aromatic N) is 1. The minimum atomic E-state index is -1.09. The highest BCUT2D eigenvalue weighted by atomic mass is 32.1. The van der Waals surface area contributed by atoms with Gasteiger partial charge in [0.1, 0.15) is 6.04 Å². The number of carbonyl (C=O) groups is 3. The smallest absolute Gasteiger partial charge is 0.326 e. The van der Waals surface area contributed by atoms with Crippen LogP contribution >= 0.6 is 11.3 Å². The van der Waals surface area contributed by atoms with E-state index in [0.717, 1.165) is 4.90 Å². The van der Waals surface area contributed by atoms with E-state index in [4.69, 9.17) is 5.11 Å². The van der Waals surface area contributed by atoms with E-state index in [-0.39, 0.29) is 12.5 Å². The van der Waals surface area contributed by atoms with Gasteiger partial charge < -0.3 is 15.3 Å². The van der Waals surface area contributed by atoms with Crippen LogP contribution < -0.4 is 5.32 Å². The van der Waals surface area contributed by atoms with Crippen molar-refractivity contribution >= 4 is 29.1 Å². The van der Waals surface area contributed by atoms with Crippen molar-refractivity contribution in [3.63, 3.8) is 0 Å². The lowest BCUT2D eigenvalue weighted by Crippen LogP contribution is -2.45. The number of nitrogens with one attached hydrogen (secondary N) is 1. The third kappa shape index (κ3) is 3.56. The lowest BCUT2D eigenvalue weighted by Gasteiger charge is -2.21. The van der Waals surface area contributed by atoms with Gasteiger partial charge in [-0.3, -0.25) is 9.59 Å². The van der Waals surface area contributed by atoms with Crippen LogP contribution in [0, 0.1) is 0 Å². The molecule has 1 unspecified atom stereocenters. The van der Waals surface area contributed by atoms with Gasteiger partial charge in [0.05, 0.1) is 11.4 Å². The van der Waals surface area contributed by atoms with E-state index in [1.54, 1.807) is 17.5 Å². The van der Waals surface area contributed by atoms with Gasteiger partial charge in [0.25, 0.3) is 5.91 Å². The number of rotatable bonds is 5. The predicted octanol–water partition coefficient (Wildman–Crippen LogP) is 0.409. The van der Waals surface area contributed by atoms with E-state index in [2.05, 4.69) is 5.32 Å². The van der Waals surface area contributed by atoms with Crippen LogP contribution in [0.25, 0.3) is 0 Å². The van der Waals surface area contributed by atoms with Crippen LogP contribution in [0.15, 0.2) is 17.5 Å². The molecule has 1 rings (SSSR count). The molecular formula is C11H14N2O4S. The first-order valence-corrected chi connectivity index (χ1v) is 6.11. The van der Waals surface area contributed by atoms with Crippen LogP contribution in [-0.4, -0.2) is 47.4 Å². The van der Waals surface area contributed by atoms with Crippen LogP contribution in [0.4, 0.5) is 0 Å². The van der Waals surface area contributed by atoms with Crippen LogP contribution in [0.1, 0.15) is 16.6 Å². The number of thiophene rings is 1. The highest BCUT2D eigenvalue weighted by Crippen LogP contribution is 2.07. The Labute approximate surface area is 108 Å². The summed E-state index contributed by atoms with van der Waals surface area (Å²) in [4.78, 5) is 35.4. The molecule has 0 saturated carbocycles. The molecule has 2 N–H and O–H groups in total. The van der Waals surface area contributed by atoms with Gasteiger partial charge in [0.15, 0.2) is 0 Å². The van der Waals surface area contributed by atoms with Crippen molar-refractivity contribution in [1.82, 2.24) is 10.2 Å². The molecule has 0 aliphatic heterocycles. The largest absolute Gasteiger partial charge is 0.480 e. The molecule has 7 heteroatoms. The van der Waals surface area contributed by atoms with E-state index in [9.17, 15) is 14.4 Å². The van der Waals surface area contributed by atoms with Crippen LogP contribution in [0.5, 0.6) is 0 Å². The topological polar surface area (TPSA) is 86.7 Å². The summed E-state index contributed by atoms with van der Waals surface area (Å²) in [7, 11) is 1.39. The Morgan fingerprint density at radius 2 is 2.17 bits per heavy atom. The van der Waals surface area contributed by atoms with E-state index in [1.165, 1.54) is 25.3 Å². The van der Waals surface area contributed by atoms with Crippen molar-refractivity contribution in [2.24, 2.45) is 0 Å². The Bertz CT molecular complexity index is 444. The molecule has 98 valence electrons. The molecule has 6 nitrogen and oxygen atoms in total. The molecule has 0 aliphatic carbocycles. The van der Waals surface area contributed by atoms with Crippen LogP contribution in [-0.2, 0) is 9.59 Å². The molecule has 0 fully saturated rings. The lowest BCUT2D eigenvalue weighted by molar-refractivity contribution is -0.147. The average molecular weight is 270 g/mol. The SMILES string of the molecule is CC(C(=O)O)N(C)C(=O)CNC(=O)c1cccs1. The van der Waals surface area contributed by atoms with E-state index in [1.807, 2.05) is 0 Å². The zero-order valence-corrected chi connectivity index (χ0v) is 10.9. The van der Waals surface area contributed by atoms with Gasteiger partial charge in [-0.2, -0.15) is 0 Å². The second-order valence-corrected chi connectivity index (χ2v) is 4.63. The Morgan fingerprint density at radius 3 is 2.67 bits per heavy atom. The first-order valence-electron chi connectivity index (χ1n) is 5.23. The van der Waals surface area contributed by atoms with Crippen molar-refractivity contribution < 1.29 is 19.5 Å². The number of amides is 2. The number of likely N-dealkylation sites (N-methyl/N-ethyl adjacent to an activating group) is 1. The minimum absolute atomic E-state index is 0.217. The molecule has 1 atom stereocenters. The van der Waals surface area contributed by atoms with Gasteiger partial charge in [-0.15, -0.1) is 11.3 Å². The molecule has 0 aliphatic rings. The molecular weight excluding hydrogens is 256 g/mol. The van der Waals surface area contributed by atoms with E-state index < -0.39 is 17.9 Å². The average Bonchev–Trinajstić information content (AvgIpc) is 2.87. The maximum Gasteiger partial charge on any atom is 0.326 e. The van der Waals surface area contributed by atoms with Gasteiger partial charge in [-0.1, -0.05) is 6.07 Å². The van der Waals surface area contributed by atoms with Crippen molar-refractivity contribution in [1.29, 1.82) is 0 Å². The van der Waals surface area contributed by atoms with Crippen molar-refractivity contribution in [3.8, 4) is 0 Å². The van der Waals surface area contributed by atoms with Crippen molar-refractivity contribution in [2.75, 3.05) is 13.6 Å². The van der Waals surface area contributed by atoms with Crippen molar-refractivity contribution in [2.45, 2.75) is 13.0 Å². The molecule has 0 bridgehead atoms. The maximum absolute atomic E-state index is 11.6. The fourth-order valence-corrected chi connectivity index (χ4v) is 1.80. The first kappa shape index (κ1) is 14.2. The number of aliphatic carboxylic acids is 1. The summed E-state index contributed by atoms with van der Waals surface area (Å²) in [6.07, 6.45) is 0. The number of hydrogen-bond donors (Lipinski definition) is 2. The second-order valence-electron chi connectivity index (χ2n) is 3.68. The molecule has 1 aromatic rings. The summed E-state index contributed by atoms with van der Waals surface area (Å²) < 4.78 is 0. The van der Waals surface area contributed by atoms with Crippen LogP contribution in [0.2, 0.25) is 0 Å². The number of carboxylic acids is 1. The highest BCUT2D eigenvalue weighted by molar-refractivity contribution is 7.12. The van der Waals surface area contributed by atoms with Crippen LogP contribution in [0.3, 0.4) is 0 Å². The fourth-order valence-electron chi connectivity index (χ4n) is 1.16. The Morgan fingerprint density at radius 1 is 1.50 bits per heavy atom. The lowest BCUT2D eigenvalue weighted by atomic mass is 10.3. The summed E-state index contributed by atoms with van der Waals surface area (Å²) in [5, 5.41) is 13.0. The van der Waals surface area contributed by atoms with Gasteiger partial charge in [-0.05, 0) is 18.4 Å². The van der Waals surface area contributed by atoms with Gasteiger partial charge >= 0.3 is 5.97 Å². The Balaban J connectivity index is 2.46. The maximum atomic E-state index is 11.6. The summed E-state index contributed by atoms with van der Waals surface area (Å²) in [5.74, 6) is -1.88.